The van der Waals surface area contributed by atoms with E-state index in [1.807, 2.05) is 0 Å². The Morgan fingerprint density at radius 2 is 1.82 bits per heavy atom. The second kappa shape index (κ2) is 7.44. The molecule has 0 saturated carbocycles. The van der Waals surface area contributed by atoms with Crippen LogP contribution in [0.15, 0.2) is 0 Å². The first-order valence-electron chi connectivity index (χ1n) is 4.80. The van der Waals surface area contributed by atoms with E-state index in [0.717, 1.165) is 0 Å². The maximum Gasteiger partial charge on any atom is 0.511 e. The van der Waals surface area contributed by atoms with Gasteiger partial charge in [-0.15, -0.1) is 0 Å². The molecule has 0 aliphatic heterocycles. The number of hydrogen-bond donors (Lipinski definition) is 2. The number of hydrogen-bond acceptors (Lipinski definition) is 7. The summed E-state index contributed by atoms with van der Waals surface area (Å²) in [6, 6.07) is -1.29. The molecule has 0 fully saturated rings. The Morgan fingerprint density at radius 1 is 1.24 bits per heavy atom. The van der Waals surface area contributed by atoms with Crippen molar-refractivity contribution in [2.24, 2.45) is 5.73 Å². The summed E-state index contributed by atoms with van der Waals surface area (Å²) in [6.07, 6.45) is -1.90. The fourth-order valence-corrected chi connectivity index (χ4v) is 0.741. The van der Waals surface area contributed by atoms with Gasteiger partial charge in [0.25, 0.3) is 0 Å². The zero-order valence-corrected chi connectivity index (χ0v) is 9.54. The predicted molar refractivity (Wildman–Crippen MR) is 53.9 cm³/mol. The normalized spacial score (nSPS) is 11.8. The van der Waals surface area contributed by atoms with E-state index in [0.29, 0.717) is 0 Å². The minimum atomic E-state index is -1.29. The summed E-state index contributed by atoms with van der Waals surface area (Å²) in [6.45, 7) is 2.57. The van der Waals surface area contributed by atoms with Crippen LogP contribution in [-0.2, 0) is 23.8 Å². The topological polar surface area (TPSA) is 125 Å². The third-order valence-electron chi connectivity index (χ3n) is 1.41. The molecule has 0 aliphatic carbocycles. The van der Waals surface area contributed by atoms with E-state index in [1.54, 1.807) is 13.8 Å². The molecule has 3 N–H and O–H groups in total. The maximum atomic E-state index is 11.0. The van der Waals surface area contributed by atoms with E-state index in [1.165, 1.54) is 0 Å². The highest BCUT2D eigenvalue weighted by molar-refractivity contribution is 5.81. The molecule has 0 heterocycles. The fourth-order valence-electron chi connectivity index (χ4n) is 0.741. The van der Waals surface area contributed by atoms with E-state index < -0.39 is 37.3 Å². The monoisotopic (exact) mass is 249 g/mol. The lowest BCUT2D eigenvalue weighted by Crippen LogP contribution is -2.35. The average Bonchev–Trinajstić information content (AvgIpc) is 2.14. The molecule has 0 bridgehead atoms. The van der Waals surface area contributed by atoms with Gasteiger partial charge in [0, 0.05) is 0 Å². The molecule has 0 radical (unpaired) electrons. The molecular formula is C9H15NO7. The molecule has 98 valence electrons. The van der Waals surface area contributed by atoms with Gasteiger partial charge < -0.3 is 25.1 Å². The summed E-state index contributed by atoms with van der Waals surface area (Å²) in [5.41, 5.74) is 5.19. The second-order valence-corrected chi connectivity index (χ2v) is 3.35. The molecule has 17 heavy (non-hydrogen) atoms. The second-order valence-electron chi connectivity index (χ2n) is 3.35. The lowest BCUT2D eigenvalue weighted by Gasteiger charge is -2.11. The highest BCUT2D eigenvalue weighted by Gasteiger charge is 2.19. The quantitative estimate of drug-likeness (QED) is 0.491. The van der Waals surface area contributed by atoms with Crippen LogP contribution in [0.1, 0.15) is 20.3 Å². The van der Waals surface area contributed by atoms with Gasteiger partial charge in [-0.2, -0.15) is 0 Å². The summed E-state index contributed by atoms with van der Waals surface area (Å²) in [4.78, 5) is 32.1. The molecule has 8 nitrogen and oxygen atoms in total. The minimum Gasteiger partial charge on any atom is -0.481 e. The third kappa shape index (κ3) is 8.03. The zero-order chi connectivity index (χ0) is 13.4. The Hall–Kier alpha value is -1.83. The highest BCUT2D eigenvalue weighted by atomic mass is 16.8. The van der Waals surface area contributed by atoms with Crippen LogP contribution in [0.5, 0.6) is 0 Å². The number of carbonyl (C=O) groups excluding carboxylic acids is 2. The SMILES string of the molecule is CC(C)OC(=O)OCOC(=O)[C@@H](N)CC(=O)O. The van der Waals surface area contributed by atoms with Gasteiger partial charge in [0.1, 0.15) is 6.04 Å². The van der Waals surface area contributed by atoms with Crippen LogP contribution in [0.3, 0.4) is 0 Å². The van der Waals surface area contributed by atoms with E-state index in [4.69, 9.17) is 10.8 Å². The van der Waals surface area contributed by atoms with Gasteiger partial charge in [0.05, 0.1) is 12.5 Å². The lowest BCUT2D eigenvalue weighted by atomic mass is 10.2. The van der Waals surface area contributed by atoms with E-state index in [2.05, 4.69) is 14.2 Å². The van der Waals surface area contributed by atoms with Gasteiger partial charge in [0.2, 0.25) is 6.79 Å². The van der Waals surface area contributed by atoms with Gasteiger partial charge >= 0.3 is 18.1 Å². The standard InChI is InChI=1S/C9H15NO7/c1-5(2)17-9(14)16-4-15-8(13)6(10)3-7(11)12/h5-6H,3-4,10H2,1-2H3,(H,11,12)/t6-/m0/s1. The van der Waals surface area contributed by atoms with Gasteiger partial charge in [-0.3, -0.25) is 9.59 Å². The van der Waals surface area contributed by atoms with Crippen molar-refractivity contribution in [1.29, 1.82) is 0 Å². The summed E-state index contributed by atoms with van der Waals surface area (Å²) in [5.74, 6) is -2.20. The van der Waals surface area contributed by atoms with Gasteiger partial charge in [0.15, 0.2) is 0 Å². The zero-order valence-electron chi connectivity index (χ0n) is 9.54. The highest BCUT2D eigenvalue weighted by Crippen LogP contribution is 1.96. The summed E-state index contributed by atoms with van der Waals surface area (Å²) >= 11 is 0. The first-order chi connectivity index (χ1) is 7.82. The molecule has 0 aromatic rings. The molecule has 0 saturated heterocycles. The van der Waals surface area contributed by atoms with Crippen molar-refractivity contribution in [3.8, 4) is 0 Å². The molecule has 0 unspecified atom stereocenters. The van der Waals surface area contributed by atoms with Crippen molar-refractivity contribution in [2.75, 3.05) is 6.79 Å². The van der Waals surface area contributed by atoms with Crippen molar-refractivity contribution >= 4 is 18.1 Å². The largest absolute Gasteiger partial charge is 0.511 e. The smallest absolute Gasteiger partial charge is 0.481 e. The molecule has 0 rings (SSSR count). The van der Waals surface area contributed by atoms with Gasteiger partial charge in [-0.1, -0.05) is 0 Å². The molecule has 0 aliphatic rings. The minimum absolute atomic E-state index is 0.354. The molecule has 8 heteroatoms. The molecule has 0 aromatic carbocycles. The van der Waals surface area contributed by atoms with Crippen LogP contribution in [0.2, 0.25) is 0 Å². The summed E-state index contributed by atoms with van der Waals surface area (Å²) in [7, 11) is 0. The van der Waals surface area contributed by atoms with Crippen molar-refractivity contribution < 1.29 is 33.7 Å². The number of carboxylic acid groups (broad SMARTS) is 1. The number of ether oxygens (including phenoxy) is 3. The van der Waals surface area contributed by atoms with Crippen LogP contribution < -0.4 is 5.73 Å². The van der Waals surface area contributed by atoms with Crippen LogP contribution in [0.4, 0.5) is 4.79 Å². The third-order valence-corrected chi connectivity index (χ3v) is 1.41. The van der Waals surface area contributed by atoms with Crippen molar-refractivity contribution in [3.63, 3.8) is 0 Å². The van der Waals surface area contributed by atoms with Crippen molar-refractivity contribution in [2.45, 2.75) is 32.4 Å². The Labute approximate surface area is 97.6 Å². The molecule has 0 aromatic heterocycles. The Balaban J connectivity index is 3.77. The van der Waals surface area contributed by atoms with Crippen LogP contribution >= 0.6 is 0 Å². The molecule has 0 spiro atoms. The maximum absolute atomic E-state index is 11.0. The number of carbonyl (C=O) groups is 3. The van der Waals surface area contributed by atoms with E-state index >= 15 is 0 Å². The van der Waals surface area contributed by atoms with Crippen molar-refractivity contribution in [3.05, 3.63) is 0 Å². The number of rotatable bonds is 6. The Morgan fingerprint density at radius 3 is 2.29 bits per heavy atom. The molecule has 1 atom stereocenters. The van der Waals surface area contributed by atoms with Crippen molar-refractivity contribution in [1.82, 2.24) is 0 Å². The van der Waals surface area contributed by atoms with Gasteiger partial charge in [-0.05, 0) is 13.8 Å². The first-order valence-corrected chi connectivity index (χ1v) is 4.80. The predicted octanol–water partition coefficient (Wildman–Crippen LogP) is -0.149. The number of aliphatic carboxylic acids is 1. The van der Waals surface area contributed by atoms with Crippen LogP contribution in [-0.4, -0.2) is 42.1 Å². The molecular weight excluding hydrogens is 234 g/mol. The van der Waals surface area contributed by atoms with Crippen LogP contribution in [0, 0.1) is 0 Å². The fraction of sp³-hybridized carbons (Fsp3) is 0.667. The summed E-state index contributed by atoms with van der Waals surface area (Å²) in [5, 5.41) is 8.35. The Bertz CT molecular complexity index is 289. The number of carboxylic acids is 1. The lowest BCUT2D eigenvalue weighted by molar-refractivity contribution is -0.157. The number of esters is 1. The van der Waals surface area contributed by atoms with E-state index in [9.17, 15) is 14.4 Å². The van der Waals surface area contributed by atoms with Crippen LogP contribution in [0.25, 0.3) is 0 Å². The average molecular weight is 249 g/mol. The number of nitrogens with two attached hydrogens (primary N) is 1. The van der Waals surface area contributed by atoms with Gasteiger partial charge in [-0.25, -0.2) is 4.79 Å². The molecule has 0 amide bonds. The summed E-state index contributed by atoms with van der Waals surface area (Å²) < 4.78 is 13.4. The Kier molecular flexibility index (Phi) is 6.64. The van der Waals surface area contributed by atoms with E-state index in [-0.39, 0.29) is 6.10 Å². The first kappa shape index (κ1) is 15.2.